The summed E-state index contributed by atoms with van der Waals surface area (Å²) in [4.78, 5) is 20.2. The number of nitrogens with two attached hydrogens (primary N) is 1. The summed E-state index contributed by atoms with van der Waals surface area (Å²) in [6, 6.07) is 4.83. The van der Waals surface area contributed by atoms with Crippen molar-refractivity contribution < 1.29 is 14.3 Å². The Hall–Kier alpha value is -2.57. The second-order valence-electron chi connectivity index (χ2n) is 5.06. The van der Waals surface area contributed by atoms with Crippen molar-refractivity contribution in [2.75, 3.05) is 14.2 Å². The second kappa shape index (κ2) is 6.74. The first-order chi connectivity index (χ1) is 12.0. The van der Waals surface area contributed by atoms with E-state index in [1.54, 1.807) is 18.2 Å². The molecule has 25 heavy (non-hydrogen) atoms. The van der Waals surface area contributed by atoms with Gasteiger partial charge in [0.15, 0.2) is 0 Å². The van der Waals surface area contributed by atoms with Crippen molar-refractivity contribution in [2.45, 2.75) is 0 Å². The molecule has 0 fully saturated rings. The number of hydrogen-bond acceptors (Lipinski definition) is 5. The number of primary amides is 1. The van der Waals surface area contributed by atoms with Crippen LogP contribution in [0.3, 0.4) is 0 Å². The normalized spacial score (nSPS) is 10.7. The topological polar surface area (TPSA) is 87.3 Å². The van der Waals surface area contributed by atoms with Gasteiger partial charge >= 0.3 is 0 Å². The fourth-order valence-electron chi connectivity index (χ4n) is 2.58. The van der Waals surface area contributed by atoms with Crippen LogP contribution in [0, 0.1) is 0 Å². The number of halogens is 2. The maximum atomic E-state index is 11.7. The van der Waals surface area contributed by atoms with Crippen molar-refractivity contribution >= 4 is 40.1 Å². The molecule has 0 saturated carbocycles. The Morgan fingerprint density at radius 2 is 1.56 bits per heavy atom. The van der Waals surface area contributed by atoms with Gasteiger partial charge in [-0.05, 0) is 6.07 Å². The van der Waals surface area contributed by atoms with Crippen LogP contribution < -0.4 is 15.2 Å². The van der Waals surface area contributed by atoms with Crippen molar-refractivity contribution in [3.8, 4) is 22.6 Å². The number of carbonyl (C=O) groups excluding carboxylic acids is 1. The Morgan fingerprint density at radius 1 is 1.00 bits per heavy atom. The molecule has 1 aromatic heterocycles. The molecule has 1 amide bonds. The summed E-state index contributed by atoms with van der Waals surface area (Å²) < 4.78 is 10.6. The van der Waals surface area contributed by atoms with Gasteiger partial charge in [-0.2, -0.15) is 0 Å². The maximum Gasteiger partial charge on any atom is 0.250 e. The molecule has 128 valence electrons. The lowest BCUT2D eigenvalue weighted by atomic mass is 10.00. The van der Waals surface area contributed by atoms with E-state index in [0.29, 0.717) is 43.7 Å². The number of benzene rings is 2. The van der Waals surface area contributed by atoms with Crippen LogP contribution in [0.2, 0.25) is 10.0 Å². The van der Waals surface area contributed by atoms with Gasteiger partial charge in [0.2, 0.25) is 0 Å². The molecule has 6 nitrogen and oxygen atoms in total. The summed E-state index contributed by atoms with van der Waals surface area (Å²) >= 11 is 13.0. The Bertz CT molecular complexity index is 964. The summed E-state index contributed by atoms with van der Waals surface area (Å²) in [6.07, 6.45) is 2.99. The largest absolute Gasteiger partial charge is 0.495 e. The Labute approximate surface area is 153 Å². The highest BCUT2D eigenvalue weighted by Gasteiger charge is 2.22. The average molecular weight is 378 g/mol. The Kier molecular flexibility index (Phi) is 4.65. The van der Waals surface area contributed by atoms with Gasteiger partial charge < -0.3 is 15.2 Å². The third-order valence-corrected chi connectivity index (χ3v) is 4.48. The molecule has 3 rings (SSSR count). The summed E-state index contributed by atoms with van der Waals surface area (Å²) in [7, 11) is 2.98. The third kappa shape index (κ3) is 2.83. The van der Waals surface area contributed by atoms with Gasteiger partial charge in [-0.3, -0.25) is 14.8 Å². The summed E-state index contributed by atoms with van der Waals surface area (Å²) in [6.45, 7) is 0. The van der Waals surface area contributed by atoms with Crippen LogP contribution in [0.25, 0.3) is 22.2 Å². The Balaban J connectivity index is 2.42. The number of hydrogen-bond donors (Lipinski definition) is 1. The van der Waals surface area contributed by atoms with Crippen LogP contribution in [-0.2, 0) is 0 Å². The monoisotopic (exact) mass is 377 g/mol. The first-order valence-electron chi connectivity index (χ1n) is 7.13. The van der Waals surface area contributed by atoms with Crippen LogP contribution in [0.5, 0.6) is 11.5 Å². The molecule has 2 aromatic carbocycles. The van der Waals surface area contributed by atoms with Crippen LogP contribution in [0.1, 0.15) is 10.4 Å². The number of carbonyl (C=O) groups is 1. The minimum absolute atomic E-state index is 0.258. The molecule has 2 N–H and O–H groups in total. The molecule has 0 aliphatic rings. The van der Waals surface area contributed by atoms with E-state index in [1.807, 2.05) is 0 Å². The first kappa shape index (κ1) is 17.3. The van der Waals surface area contributed by atoms with Crippen molar-refractivity contribution in [3.05, 3.63) is 46.2 Å². The lowest BCUT2D eigenvalue weighted by Gasteiger charge is -2.16. The zero-order chi connectivity index (χ0) is 18.1. The number of rotatable bonds is 4. The molecule has 8 heteroatoms. The summed E-state index contributed by atoms with van der Waals surface area (Å²) in [5.41, 5.74) is 7.54. The molecular weight excluding hydrogens is 365 g/mol. The van der Waals surface area contributed by atoms with Crippen LogP contribution >= 0.6 is 23.2 Å². The smallest absolute Gasteiger partial charge is 0.250 e. The molecular formula is C17H13Cl2N3O3. The SMILES string of the molecule is COc1cc(OC)c(Cl)c(-c2ccc(C(N)=O)c3nccnc23)c1Cl. The van der Waals surface area contributed by atoms with E-state index in [-0.39, 0.29) is 5.56 Å². The number of ether oxygens (including phenoxy) is 2. The quantitative estimate of drug-likeness (QED) is 0.748. The van der Waals surface area contributed by atoms with E-state index in [9.17, 15) is 4.79 Å². The summed E-state index contributed by atoms with van der Waals surface area (Å²) in [5.74, 6) is 0.195. The standard InChI is InChI=1S/C17H13Cl2N3O3/c1-24-10-7-11(25-2)14(19)12(13(10)18)8-3-4-9(17(20)23)16-15(8)21-5-6-22-16/h3-7H,1-2H3,(H2,20,23). The predicted octanol–water partition coefficient (Wildman–Crippen LogP) is 3.72. The fourth-order valence-corrected chi connectivity index (χ4v) is 3.28. The Morgan fingerprint density at radius 3 is 2.08 bits per heavy atom. The number of fused-ring (bicyclic) bond motifs is 1. The first-order valence-corrected chi connectivity index (χ1v) is 7.89. The molecule has 3 aromatic rings. The second-order valence-corrected chi connectivity index (χ2v) is 5.82. The zero-order valence-electron chi connectivity index (χ0n) is 13.3. The average Bonchev–Trinajstić information content (AvgIpc) is 2.62. The van der Waals surface area contributed by atoms with Gasteiger partial charge in [-0.15, -0.1) is 0 Å². The van der Waals surface area contributed by atoms with Crippen LogP contribution in [0.4, 0.5) is 0 Å². The lowest BCUT2D eigenvalue weighted by molar-refractivity contribution is 0.100. The van der Waals surface area contributed by atoms with Gasteiger partial charge in [0.05, 0.1) is 35.3 Å². The highest BCUT2D eigenvalue weighted by Crippen LogP contribution is 2.47. The minimum Gasteiger partial charge on any atom is -0.495 e. The molecule has 0 atom stereocenters. The molecule has 0 aliphatic carbocycles. The van der Waals surface area contributed by atoms with Gasteiger partial charge in [0.1, 0.15) is 17.0 Å². The number of aromatic nitrogens is 2. The third-order valence-electron chi connectivity index (χ3n) is 3.73. The van der Waals surface area contributed by atoms with Crippen molar-refractivity contribution in [1.29, 1.82) is 0 Å². The minimum atomic E-state index is -0.600. The van der Waals surface area contributed by atoms with E-state index in [0.717, 1.165) is 0 Å². The maximum absolute atomic E-state index is 11.7. The zero-order valence-corrected chi connectivity index (χ0v) is 14.9. The van der Waals surface area contributed by atoms with E-state index in [2.05, 4.69) is 9.97 Å². The van der Waals surface area contributed by atoms with Gasteiger partial charge in [-0.25, -0.2) is 0 Å². The predicted molar refractivity (Wildman–Crippen MR) is 96.6 cm³/mol. The van der Waals surface area contributed by atoms with Crippen molar-refractivity contribution in [2.24, 2.45) is 5.73 Å². The van der Waals surface area contributed by atoms with E-state index >= 15 is 0 Å². The van der Waals surface area contributed by atoms with Crippen LogP contribution in [-0.4, -0.2) is 30.1 Å². The fraction of sp³-hybridized carbons (Fsp3) is 0.118. The molecule has 0 aliphatic heterocycles. The van der Waals surface area contributed by atoms with Gasteiger partial charge in [0.25, 0.3) is 5.91 Å². The van der Waals surface area contributed by atoms with E-state index < -0.39 is 5.91 Å². The van der Waals surface area contributed by atoms with Crippen LogP contribution in [0.15, 0.2) is 30.6 Å². The molecule has 0 spiro atoms. The van der Waals surface area contributed by atoms with E-state index in [1.165, 1.54) is 26.6 Å². The summed E-state index contributed by atoms with van der Waals surface area (Å²) in [5, 5.41) is 0.596. The number of nitrogens with zero attached hydrogens (tertiary/aromatic N) is 2. The van der Waals surface area contributed by atoms with E-state index in [4.69, 9.17) is 38.4 Å². The van der Waals surface area contributed by atoms with Crippen molar-refractivity contribution in [1.82, 2.24) is 9.97 Å². The molecule has 0 radical (unpaired) electrons. The highest BCUT2D eigenvalue weighted by molar-refractivity contribution is 6.41. The lowest BCUT2D eigenvalue weighted by Crippen LogP contribution is -2.12. The molecule has 0 unspecified atom stereocenters. The highest BCUT2D eigenvalue weighted by atomic mass is 35.5. The van der Waals surface area contributed by atoms with Crippen molar-refractivity contribution in [3.63, 3.8) is 0 Å². The molecule has 1 heterocycles. The number of amides is 1. The number of methoxy groups -OCH3 is 2. The molecule has 0 bridgehead atoms. The van der Waals surface area contributed by atoms with Gasteiger partial charge in [-0.1, -0.05) is 29.3 Å². The molecule has 0 saturated heterocycles. The van der Waals surface area contributed by atoms with Gasteiger partial charge in [0, 0.05) is 29.6 Å².